The average molecular weight is 251 g/mol. The number of Topliss-reactive ketones (excluding diaryl/α,β-unsaturated/α-hetero) is 1. The number of carbonyl (C=O) groups is 2. The normalized spacial score (nSPS) is 15.8. The van der Waals surface area contributed by atoms with Gasteiger partial charge >= 0.3 is 0 Å². The summed E-state index contributed by atoms with van der Waals surface area (Å²) in [6, 6.07) is 0. The van der Waals surface area contributed by atoms with Crippen molar-refractivity contribution in [2.24, 2.45) is 0 Å². The first kappa shape index (κ1) is 12.6. The van der Waals surface area contributed by atoms with Crippen LogP contribution in [-0.2, 0) is 16.1 Å². The Labute approximate surface area is 106 Å². The molecule has 6 nitrogen and oxygen atoms in total. The predicted octanol–water partition coefficient (Wildman–Crippen LogP) is 0.473. The second-order valence-electron chi connectivity index (χ2n) is 4.23. The Kier molecular flexibility index (Phi) is 3.96. The Morgan fingerprint density at radius 1 is 1.44 bits per heavy atom. The van der Waals surface area contributed by atoms with Gasteiger partial charge in [-0.15, -0.1) is 0 Å². The third-order valence-electron chi connectivity index (χ3n) is 2.89. The van der Waals surface area contributed by atoms with Gasteiger partial charge in [-0.1, -0.05) is 0 Å². The minimum Gasteiger partial charge on any atom is -0.491 e. The van der Waals surface area contributed by atoms with Crippen LogP contribution in [0.1, 0.15) is 19.8 Å². The van der Waals surface area contributed by atoms with Gasteiger partial charge in [0, 0.05) is 25.9 Å². The molecule has 18 heavy (non-hydrogen) atoms. The molecule has 0 aromatic carbocycles. The average Bonchev–Trinajstić information content (AvgIpc) is 2.78. The highest BCUT2D eigenvalue weighted by molar-refractivity contribution is 5.83. The summed E-state index contributed by atoms with van der Waals surface area (Å²) in [5, 5.41) is 4.06. The maximum Gasteiger partial charge on any atom is 0.244 e. The molecule has 1 amide bonds. The number of carbonyl (C=O) groups excluding carboxylic acids is 2. The summed E-state index contributed by atoms with van der Waals surface area (Å²) in [6.07, 6.45) is 4.23. The maximum absolute atomic E-state index is 12.0. The zero-order valence-corrected chi connectivity index (χ0v) is 10.5. The van der Waals surface area contributed by atoms with E-state index in [2.05, 4.69) is 5.10 Å². The largest absolute Gasteiger partial charge is 0.491 e. The van der Waals surface area contributed by atoms with Crippen LogP contribution in [0.15, 0.2) is 12.4 Å². The highest BCUT2D eigenvalue weighted by Crippen LogP contribution is 2.10. The summed E-state index contributed by atoms with van der Waals surface area (Å²) >= 11 is 0. The molecule has 98 valence electrons. The standard InChI is InChI=1S/C12H17N3O3/c1-2-18-11-7-13-15(8-11)9-12(17)14-5-3-10(16)4-6-14/h7-8H,2-6,9H2,1H3. The van der Waals surface area contributed by atoms with Crippen molar-refractivity contribution in [3.8, 4) is 5.75 Å². The summed E-state index contributed by atoms with van der Waals surface area (Å²) in [7, 11) is 0. The van der Waals surface area contributed by atoms with Gasteiger partial charge in [0.2, 0.25) is 5.91 Å². The molecule has 1 saturated heterocycles. The van der Waals surface area contributed by atoms with Crippen molar-refractivity contribution >= 4 is 11.7 Å². The van der Waals surface area contributed by atoms with Crippen molar-refractivity contribution < 1.29 is 14.3 Å². The van der Waals surface area contributed by atoms with Crippen molar-refractivity contribution in [3.05, 3.63) is 12.4 Å². The Morgan fingerprint density at radius 3 is 2.83 bits per heavy atom. The van der Waals surface area contributed by atoms with Crippen molar-refractivity contribution in [1.82, 2.24) is 14.7 Å². The molecule has 0 spiro atoms. The van der Waals surface area contributed by atoms with Gasteiger partial charge in [0.25, 0.3) is 0 Å². The second kappa shape index (κ2) is 5.66. The van der Waals surface area contributed by atoms with Crippen LogP contribution >= 0.6 is 0 Å². The maximum atomic E-state index is 12.0. The molecule has 6 heteroatoms. The third kappa shape index (κ3) is 3.09. The van der Waals surface area contributed by atoms with Crippen molar-refractivity contribution in [2.45, 2.75) is 26.3 Å². The van der Waals surface area contributed by atoms with Gasteiger partial charge in [-0.05, 0) is 6.92 Å². The lowest BCUT2D eigenvalue weighted by atomic mass is 10.1. The van der Waals surface area contributed by atoms with Crippen LogP contribution in [0.3, 0.4) is 0 Å². The van der Waals surface area contributed by atoms with E-state index in [4.69, 9.17) is 4.74 Å². The first-order valence-electron chi connectivity index (χ1n) is 6.13. The van der Waals surface area contributed by atoms with E-state index >= 15 is 0 Å². The van der Waals surface area contributed by atoms with Crippen molar-refractivity contribution in [3.63, 3.8) is 0 Å². The molecule has 0 bridgehead atoms. The molecule has 1 aliphatic rings. The number of hydrogen-bond donors (Lipinski definition) is 0. The molecule has 0 unspecified atom stereocenters. The number of ketones is 1. The van der Waals surface area contributed by atoms with Crippen LogP contribution in [0.5, 0.6) is 5.75 Å². The van der Waals surface area contributed by atoms with Crippen LogP contribution in [-0.4, -0.2) is 46.1 Å². The zero-order chi connectivity index (χ0) is 13.0. The number of likely N-dealkylation sites (tertiary alicyclic amines) is 1. The lowest BCUT2D eigenvalue weighted by molar-refractivity contribution is -0.135. The molecule has 1 aromatic heterocycles. The van der Waals surface area contributed by atoms with Gasteiger partial charge in [-0.2, -0.15) is 5.10 Å². The third-order valence-corrected chi connectivity index (χ3v) is 2.89. The first-order valence-corrected chi connectivity index (χ1v) is 6.13. The van der Waals surface area contributed by atoms with Gasteiger partial charge in [-0.3, -0.25) is 14.3 Å². The summed E-state index contributed by atoms with van der Waals surface area (Å²) in [5.41, 5.74) is 0. The van der Waals surface area contributed by atoms with E-state index in [0.717, 1.165) is 0 Å². The van der Waals surface area contributed by atoms with Crippen LogP contribution in [0.2, 0.25) is 0 Å². The minimum atomic E-state index is -0.00588. The van der Waals surface area contributed by atoms with Crippen LogP contribution in [0.25, 0.3) is 0 Å². The molecule has 0 atom stereocenters. The SMILES string of the molecule is CCOc1cnn(CC(=O)N2CCC(=O)CC2)c1. The molecule has 1 fully saturated rings. The van der Waals surface area contributed by atoms with E-state index in [9.17, 15) is 9.59 Å². The highest BCUT2D eigenvalue weighted by atomic mass is 16.5. The quantitative estimate of drug-likeness (QED) is 0.780. The first-order chi connectivity index (χ1) is 8.69. The van der Waals surface area contributed by atoms with Crippen LogP contribution in [0.4, 0.5) is 0 Å². The lowest BCUT2D eigenvalue weighted by Crippen LogP contribution is -2.40. The highest BCUT2D eigenvalue weighted by Gasteiger charge is 2.20. The molecule has 0 radical (unpaired) electrons. The smallest absolute Gasteiger partial charge is 0.244 e. The number of nitrogens with zero attached hydrogens (tertiary/aromatic N) is 3. The fourth-order valence-corrected chi connectivity index (χ4v) is 1.92. The minimum absolute atomic E-state index is 0.00588. The molecule has 0 aliphatic carbocycles. The molecular weight excluding hydrogens is 234 g/mol. The fourth-order valence-electron chi connectivity index (χ4n) is 1.92. The topological polar surface area (TPSA) is 64.4 Å². The molecule has 2 heterocycles. The molecule has 0 saturated carbocycles. The summed E-state index contributed by atoms with van der Waals surface area (Å²) < 4.78 is 6.83. The van der Waals surface area contributed by atoms with E-state index in [-0.39, 0.29) is 18.2 Å². The molecule has 1 aliphatic heterocycles. The fraction of sp³-hybridized carbons (Fsp3) is 0.583. The van der Waals surface area contributed by atoms with Gasteiger partial charge in [0.1, 0.15) is 12.3 Å². The van der Waals surface area contributed by atoms with Gasteiger partial charge < -0.3 is 9.64 Å². The monoisotopic (exact) mass is 251 g/mol. The zero-order valence-electron chi connectivity index (χ0n) is 10.5. The van der Waals surface area contributed by atoms with Crippen LogP contribution < -0.4 is 4.74 Å². The Bertz CT molecular complexity index is 432. The van der Waals surface area contributed by atoms with E-state index in [0.29, 0.717) is 38.3 Å². The molecule has 2 rings (SSSR count). The number of rotatable bonds is 4. The van der Waals surface area contributed by atoms with Crippen LogP contribution in [0, 0.1) is 0 Å². The molecule has 1 aromatic rings. The van der Waals surface area contributed by atoms with Crippen molar-refractivity contribution in [1.29, 1.82) is 0 Å². The second-order valence-corrected chi connectivity index (χ2v) is 4.23. The van der Waals surface area contributed by atoms with Gasteiger partial charge in [0.05, 0.1) is 19.0 Å². The van der Waals surface area contributed by atoms with Gasteiger partial charge in [-0.25, -0.2) is 0 Å². The number of hydrogen-bond acceptors (Lipinski definition) is 4. The van der Waals surface area contributed by atoms with E-state index in [1.807, 2.05) is 6.92 Å². The van der Waals surface area contributed by atoms with E-state index < -0.39 is 0 Å². The number of ether oxygens (including phenoxy) is 1. The Hall–Kier alpha value is -1.85. The predicted molar refractivity (Wildman–Crippen MR) is 64.2 cm³/mol. The van der Waals surface area contributed by atoms with Crippen molar-refractivity contribution in [2.75, 3.05) is 19.7 Å². The summed E-state index contributed by atoms with van der Waals surface area (Å²) in [5.74, 6) is 0.893. The summed E-state index contributed by atoms with van der Waals surface area (Å²) in [4.78, 5) is 24.8. The number of amides is 1. The van der Waals surface area contributed by atoms with E-state index in [1.165, 1.54) is 0 Å². The molecular formula is C12H17N3O3. The Balaban J connectivity index is 1.88. The number of piperidine rings is 1. The number of aromatic nitrogens is 2. The van der Waals surface area contributed by atoms with E-state index in [1.54, 1.807) is 22.0 Å². The molecule has 0 N–H and O–H groups in total. The van der Waals surface area contributed by atoms with Gasteiger partial charge in [0.15, 0.2) is 5.75 Å². The summed E-state index contributed by atoms with van der Waals surface area (Å²) in [6.45, 7) is 3.72. The Morgan fingerprint density at radius 2 is 2.17 bits per heavy atom. The lowest BCUT2D eigenvalue weighted by Gasteiger charge is -2.25.